The molecule has 1 aromatic heterocycles. The minimum atomic E-state index is -0.729. The zero-order valence-electron chi connectivity index (χ0n) is 20.5. The molecule has 4 rings (SSSR count). The third-order valence-electron chi connectivity index (χ3n) is 5.19. The smallest absolute Gasteiger partial charge is 0.433 e. The molecule has 180 valence electrons. The summed E-state index contributed by atoms with van der Waals surface area (Å²) >= 11 is 0. The second-order valence-corrected chi connectivity index (χ2v) is 7.33. The Kier molecular flexibility index (Phi) is 8.40. The van der Waals surface area contributed by atoms with Crippen LogP contribution in [0.15, 0.2) is 78.9 Å². The van der Waals surface area contributed by atoms with Gasteiger partial charge in [-0.2, -0.15) is 5.01 Å². The van der Waals surface area contributed by atoms with Crippen LogP contribution in [-0.4, -0.2) is 31.2 Å². The van der Waals surface area contributed by atoms with Crippen molar-refractivity contribution >= 4 is 28.6 Å². The number of methoxy groups -OCH3 is 2. The van der Waals surface area contributed by atoms with E-state index < -0.39 is 12.0 Å². The Bertz CT molecular complexity index is 1310. The van der Waals surface area contributed by atoms with Gasteiger partial charge in [0.15, 0.2) is 5.75 Å². The molecule has 0 radical (unpaired) electrons. The molecule has 7 nitrogen and oxygen atoms in total. The number of carbonyl (C=O) groups is 2. The summed E-state index contributed by atoms with van der Waals surface area (Å²) in [5.41, 5.74) is 6.38. The van der Waals surface area contributed by atoms with E-state index in [1.165, 1.54) is 14.2 Å². The van der Waals surface area contributed by atoms with Gasteiger partial charge < -0.3 is 9.47 Å². The minimum absolute atomic E-state index is 0.267. The average Bonchev–Trinajstić information content (AvgIpc) is 2.92. The monoisotopic (exact) mass is 471 g/mol. The van der Waals surface area contributed by atoms with Crippen LogP contribution in [0.3, 0.4) is 0 Å². The molecule has 0 bridgehead atoms. The number of fused-ring (bicyclic) bond motifs is 1. The van der Waals surface area contributed by atoms with E-state index in [1.54, 1.807) is 18.2 Å². The predicted octanol–water partition coefficient (Wildman–Crippen LogP) is 6.16. The van der Waals surface area contributed by atoms with Gasteiger partial charge in [0.05, 0.1) is 31.0 Å². The first-order chi connectivity index (χ1) is 17.0. The molecule has 7 heteroatoms. The number of nitrogens with one attached hydrogen (secondary N) is 1. The SMILES string of the molecule is CC.COC(=O)N(NC(=O)c1c(OC)c(-c2ccccc2)nc2ccccc12)c1ccc(C)cc1. The maximum atomic E-state index is 13.6. The fourth-order valence-electron chi connectivity index (χ4n) is 3.57. The number of aromatic nitrogens is 1. The van der Waals surface area contributed by atoms with Crippen LogP contribution < -0.4 is 15.2 Å². The standard InChI is InChI=1S/C26H23N3O4.C2H6/c1-17-13-15-19(16-14-17)29(26(31)33-3)28-25(30)22-20-11-7-8-12-21(20)27-23(24(22)32-2)18-9-5-4-6-10-18;1-2/h4-16H,1-3H3,(H,28,30);1-2H3. The lowest BCUT2D eigenvalue weighted by atomic mass is 10.0. The quantitative estimate of drug-likeness (QED) is 0.360. The van der Waals surface area contributed by atoms with Gasteiger partial charge in [-0.1, -0.05) is 80.1 Å². The van der Waals surface area contributed by atoms with E-state index >= 15 is 0 Å². The van der Waals surface area contributed by atoms with Gasteiger partial charge in [-0.15, -0.1) is 0 Å². The molecular formula is C28H29N3O4. The highest BCUT2D eigenvalue weighted by Crippen LogP contribution is 2.36. The zero-order chi connectivity index (χ0) is 25.4. The summed E-state index contributed by atoms with van der Waals surface area (Å²) < 4.78 is 10.6. The Balaban J connectivity index is 0.00000167. The minimum Gasteiger partial charge on any atom is -0.494 e. The van der Waals surface area contributed by atoms with E-state index in [2.05, 4.69) is 5.43 Å². The molecular weight excluding hydrogens is 442 g/mol. The van der Waals surface area contributed by atoms with E-state index in [-0.39, 0.29) is 5.56 Å². The fourth-order valence-corrected chi connectivity index (χ4v) is 3.57. The van der Waals surface area contributed by atoms with Crippen LogP contribution in [0.2, 0.25) is 0 Å². The van der Waals surface area contributed by atoms with Crippen LogP contribution in [0, 0.1) is 6.92 Å². The van der Waals surface area contributed by atoms with Crippen LogP contribution in [0.1, 0.15) is 29.8 Å². The number of benzene rings is 3. The van der Waals surface area contributed by atoms with E-state index in [0.29, 0.717) is 28.0 Å². The molecule has 2 amide bonds. The van der Waals surface area contributed by atoms with Crippen molar-refractivity contribution in [1.82, 2.24) is 10.4 Å². The Hall–Kier alpha value is -4.39. The Morgan fingerprint density at radius 2 is 1.49 bits per heavy atom. The van der Waals surface area contributed by atoms with Gasteiger partial charge in [0.1, 0.15) is 5.69 Å². The molecule has 0 aliphatic heterocycles. The lowest BCUT2D eigenvalue weighted by Gasteiger charge is -2.23. The molecule has 0 unspecified atom stereocenters. The van der Waals surface area contributed by atoms with E-state index in [4.69, 9.17) is 14.5 Å². The van der Waals surface area contributed by atoms with Gasteiger partial charge in [-0.25, -0.2) is 9.78 Å². The number of aryl methyl sites for hydroxylation is 1. The number of anilines is 1. The molecule has 0 saturated carbocycles. The Labute approximate surface area is 205 Å². The largest absolute Gasteiger partial charge is 0.494 e. The highest BCUT2D eigenvalue weighted by atomic mass is 16.5. The van der Waals surface area contributed by atoms with Crippen molar-refractivity contribution in [1.29, 1.82) is 0 Å². The maximum Gasteiger partial charge on any atom is 0.433 e. The third-order valence-corrected chi connectivity index (χ3v) is 5.19. The topological polar surface area (TPSA) is 80.8 Å². The number of amides is 2. The molecule has 1 N–H and O–H groups in total. The molecule has 1 heterocycles. The van der Waals surface area contributed by atoms with E-state index in [9.17, 15) is 9.59 Å². The zero-order valence-corrected chi connectivity index (χ0v) is 20.5. The molecule has 0 aliphatic rings. The number of hydrogen-bond acceptors (Lipinski definition) is 5. The van der Waals surface area contributed by atoms with Gasteiger partial charge in [0.2, 0.25) is 0 Å². The van der Waals surface area contributed by atoms with Gasteiger partial charge in [0.25, 0.3) is 5.91 Å². The van der Waals surface area contributed by atoms with Crippen LogP contribution in [0.5, 0.6) is 5.75 Å². The molecule has 4 aromatic rings. The van der Waals surface area contributed by atoms with Crippen molar-refractivity contribution < 1.29 is 19.1 Å². The van der Waals surface area contributed by atoms with Crippen molar-refractivity contribution in [2.45, 2.75) is 20.8 Å². The Morgan fingerprint density at radius 1 is 0.857 bits per heavy atom. The lowest BCUT2D eigenvalue weighted by molar-refractivity contribution is 0.0939. The number of rotatable bonds is 4. The fraction of sp³-hybridized carbons (Fsp3) is 0.179. The number of carbonyl (C=O) groups excluding carboxylic acids is 2. The van der Waals surface area contributed by atoms with Crippen LogP contribution in [0.25, 0.3) is 22.2 Å². The number of para-hydroxylation sites is 1. The normalized spacial score (nSPS) is 10.1. The number of nitrogens with zero attached hydrogens (tertiary/aromatic N) is 2. The van der Waals surface area contributed by atoms with Gasteiger partial charge in [-0.05, 0) is 25.1 Å². The van der Waals surface area contributed by atoms with Crippen molar-refractivity contribution in [3.05, 3.63) is 90.0 Å². The average molecular weight is 472 g/mol. The number of ether oxygens (including phenoxy) is 2. The van der Waals surface area contributed by atoms with Gasteiger partial charge in [-0.3, -0.25) is 10.2 Å². The van der Waals surface area contributed by atoms with Crippen molar-refractivity contribution in [3.8, 4) is 17.0 Å². The van der Waals surface area contributed by atoms with Gasteiger partial charge in [0, 0.05) is 10.9 Å². The first kappa shape index (κ1) is 25.2. The Morgan fingerprint density at radius 3 is 2.11 bits per heavy atom. The summed E-state index contributed by atoms with van der Waals surface area (Å²) in [6.07, 6.45) is -0.729. The van der Waals surface area contributed by atoms with E-state index in [1.807, 2.05) is 81.4 Å². The molecule has 0 atom stereocenters. The second kappa shape index (κ2) is 11.7. The summed E-state index contributed by atoms with van der Waals surface area (Å²) in [5, 5.41) is 1.67. The lowest BCUT2D eigenvalue weighted by Crippen LogP contribution is -2.46. The van der Waals surface area contributed by atoms with Gasteiger partial charge >= 0.3 is 6.09 Å². The molecule has 0 fully saturated rings. The summed E-state index contributed by atoms with van der Waals surface area (Å²) in [6, 6.07) is 23.9. The summed E-state index contributed by atoms with van der Waals surface area (Å²) in [7, 11) is 2.75. The first-order valence-corrected chi connectivity index (χ1v) is 11.3. The number of hydrazine groups is 1. The highest BCUT2D eigenvalue weighted by Gasteiger charge is 2.26. The second-order valence-electron chi connectivity index (χ2n) is 7.33. The highest BCUT2D eigenvalue weighted by molar-refractivity contribution is 6.12. The third kappa shape index (κ3) is 5.41. The van der Waals surface area contributed by atoms with Crippen molar-refractivity contribution in [2.24, 2.45) is 0 Å². The van der Waals surface area contributed by atoms with E-state index in [0.717, 1.165) is 16.1 Å². The maximum absolute atomic E-state index is 13.6. The van der Waals surface area contributed by atoms with Crippen molar-refractivity contribution in [2.75, 3.05) is 19.2 Å². The summed E-state index contributed by atoms with van der Waals surface area (Å²) in [4.78, 5) is 30.9. The molecule has 0 saturated heterocycles. The summed E-state index contributed by atoms with van der Waals surface area (Å²) in [6.45, 7) is 5.93. The molecule has 0 aliphatic carbocycles. The predicted molar refractivity (Wildman–Crippen MR) is 139 cm³/mol. The van der Waals surface area contributed by atoms with Crippen molar-refractivity contribution in [3.63, 3.8) is 0 Å². The molecule has 0 spiro atoms. The summed E-state index contributed by atoms with van der Waals surface area (Å²) in [5.74, 6) is -0.222. The molecule has 35 heavy (non-hydrogen) atoms. The number of pyridine rings is 1. The number of hydrogen-bond donors (Lipinski definition) is 1. The molecule has 3 aromatic carbocycles. The van der Waals surface area contributed by atoms with Crippen LogP contribution >= 0.6 is 0 Å². The first-order valence-electron chi connectivity index (χ1n) is 11.3. The van der Waals surface area contributed by atoms with Crippen LogP contribution in [-0.2, 0) is 4.74 Å². The van der Waals surface area contributed by atoms with Crippen LogP contribution in [0.4, 0.5) is 10.5 Å².